The van der Waals surface area contributed by atoms with Crippen LogP contribution in [0.5, 0.6) is 5.75 Å². The zero-order valence-corrected chi connectivity index (χ0v) is 10.9. The van der Waals surface area contributed by atoms with Crippen LogP contribution < -0.4 is 0 Å². The third-order valence-electron chi connectivity index (χ3n) is 2.34. The van der Waals surface area contributed by atoms with Crippen molar-refractivity contribution in [2.24, 2.45) is 0 Å². The average Bonchev–Trinajstić information content (AvgIpc) is 2.36. The van der Waals surface area contributed by atoms with Crippen LogP contribution in [0.15, 0.2) is 36.4 Å². The predicted molar refractivity (Wildman–Crippen MR) is 68.4 cm³/mol. The Bertz CT molecular complexity index is 475. The van der Waals surface area contributed by atoms with E-state index in [9.17, 15) is 9.59 Å². The third kappa shape index (κ3) is 4.83. The minimum Gasteiger partial charge on any atom is -0.508 e. The van der Waals surface area contributed by atoms with E-state index in [-0.39, 0.29) is 11.3 Å². The van der Waals surface area contributed by atoms with Crippen LogP contribution in [0.2, 0.25) is 0 Å². The summed E-state index contributed by atoms with van der Waals surface area (Å²) >= 11 is 0. The topological polar surface area (TPSA) is 72.8 Å². The Morgan fingerprint density at radius 2 is 1.89 bits per heavy atom. The zero-order valence-electron chi connectivity index (χ0n) is 10.9. The molecule has 0 fully saturated rings. The van der Waals surface area contributed by atoms with Crippen LogP contribution in [0.3, 0.4) is 0 Å². The Balaban J connectivity index is 2.46. The molecule has 1 aromatic rings. The fraction of sp³-hybridized carbons (Fsp3) is 0.286. The molecule has 0 aliphatic heterocycles. The van der Waals surface area contributed by atoms with Gasteiger partial charge in [0.15, 0.2) is 6.61 Å². The number of hydrogen-bond acceptors (Lipinski definition) is 5. The second kappa shape index (κ2) is 6.58. The lowest BCUT2D eigenvalue weighted by Gasteiger charge is -2.13. The maximum Gasteiger partial charge on any atom is 0.344 e. The Morgan fingerprint density at radius 3 is 2.42 bits per heavy atom. The van der Waals surface area contributed by atoms with Gasteiger partial charge in [-0.05, 0) is 31.5 Å². The minimum atomic E-state index is -0.643. The molecule has 0 saturated carbocycles. The number of phenolic OH excluding ortho intramolecular Hbond substituents is 1. The quantitative estimate of drug-likeness (QED) is 0.651. The van der Waals surface area contributed by atoms with Crippen molar-refractivity contribution < 1.29 is 24.2 Å². The number of hydrogen-bond donors (Lipinski definition) is 1. The summed E-state index contributed by atoms with van der Waals surface area (Å²) in [7, 11) is 0. The number of aromatic hydroxyl groups is 1. The smallest absolute Gasteiger partial charge is 0.344 e. The molecule has 1 unspecified atom stereocenters. The van der Waals surface area contributed by atoms with E-state index in [1.165, 1.54) is 19.1 Å². The van der Waals surface area contributed by atoms with Crippen LogP contribution in [-0.4, -0.2) is 23.7 Å². The van der Waals surface area contributed by atoms with Crippen molar-refractivity contribution in [3.63, 3.8) is 0 Å². The first-order chi connectivity index (χ1) is 8.90. The largest absolute Gasteiger partial charge is 0.508 e. The van der Waals surface area contributed by atoms with Crippen molar-refractivity contribution in [2.75, 3.05) is 6.61 Å². The van der Waals surface area contributed by atoms with Gasteiger partial charge >= 0.3 is 11.9 Å². The number of carbonyl (C=O) groups is 2. The van der Waals surface area contributed by atoms with Crippen molar-refractivity contribution in [3.8, 4) is 5.75 Å². The highest BCUT2D eigenvalue weighted by molar-refractivity contribution is 5.88. The molecule has 0 spiro atoms. The summed E-state index contributed by atoms with van der Waals surface area (Å²) < 4.78 is 9.75. The van der Waals surface area contributed by atoms with Gasteiger partial charge in [0.2, 0.25) is 0 Å². The Morgan fingerprint density at radius 1 is 1.32 bits per heavy atom. The number of carbonyl (C=O) groups excluding carboxylic acids is 2. The van der Waals surface area contributed by atoms with Gasteiger partial charge < -0.3 is 14.6 Å². The van der Waals surface area contributed by atoms with Crippen LogP contribution in [0.1, 0.15) is 25.5 Å². The molecule has 0 bridgehead atoms. The van der Waals surface area contributed by atoms with Gasteiger partial charge in [-0.25, -0.2) is 9.59 Å². The number of esters is 2. The molecule has 5 nitrogen and oxygen atoms in total. The van der Waals surface area contributed by atoms with Gasteiger partial charge in [-0.3, -0.25) is 0 Å². The lowest BCUT2D eigenvalue weighted by Crippen LogP contribution is -2.18. The highest BCUT2D eigenvalue weighted by Crippen LogP contribution is 2.19. The fourth-order valence-electron chi connectivity index (χ4n) is 1.29. The molecule has 19 heavy (non-hydrogen) atoms. The summed E-state index contributed by atoms with van der Waals surface area (Å²) in [6.45, 7) is 6.13. The van der Waals surface area contributed by atoms with Crippen LogP contribution >= 0.6 is 0 Å². The molecule has 1 N–H and O–H groups in total. The normalized spacial score (nSPS) is 11.5. The number of phenols is 1. The average molecular weight is 264 g/mol. The SMILES string of the molecule is C=C(C)C(=O)OCC(=O)OC(C)c1ccc(O)cc1. The maximum absolute atomic E-state index is 11.4. The van der Waals surface area contributed by atoms with E-state index in [0.717, 1.165) is 5.56 Å². The Hall–Kier alpha value is -2.30. The summed E-state index contributed by atoms with van der Waals surface area (Å²) in [5, 5.41) is 9.14. The summed E-state index contributed by atoms with van der Waals surface area (Å²) in [6, 6.07) is 6.29. The van der Waals surface area contributed by atoms with Gasteiger partial charge in [-0.1, -0.05) is 18.7 Å². The van der Waals surface area contributed by atoms with E-state index in [1.807, 2.05) is 0 Å². The van der Waals surface area contributed by atoms with Crippen LogP contribution in [0.25, 0.3) is 0 Å². The van der Waals surface area contributed by atoms with Gasteiger partial charge in [0.1, 0.15) is 11.9 Å². The molecule has 5 heteroatoms. The summed E-state index contributed by atoms with van der Waals surface area (Å²) in [5.74, 6) is -1.14. The van der Waals surface area contributed by atoms with Gasteiger partial charge in [0.25, 0.3) is 0 Å². The molecule has 0 heterocycles. The van der Waals surface area contributed by atoms with Crippen molar-refractivity contribution in [2.45, 2.75) is 20.0 Å². The molecule has 0 radical (unpaired) electrons. The fourth-order valence-corrected chi connectivity index (χ4v) is 1.29. The molecule has 1 atom stereocenters. The van der Waals surface area contributed by atoms with Crippen molar-refractivity contribution in [1.82, 2.24) is 0 Å². The first-order valence-electron chi connectivity index (χ1n) is 5.71. The predicted octanol–water partition coefficient (Wildman–Crippen LogP) is 2.12. The van der Waals surface area contributed by atoms with Gasteiger partial charge in [0, 0.05) is 5.57 Å². The molecule has 0 saturated heterocycles. The molecular weight excluding hydrogens is 248 g/mol. The molecule has 0 amide bonds. The lowest BCUT2D eigenvalue weighted by molar-refractivity contribution is -0.160. The second-order valence-corrected chi connectivity index (χ2v) is 4.08. The van der Waals surface area contributed by atoms with Crippen molar-refractivity contribution >= 4 is 11.9 Å². The van der Waals surface area contributed by atoms with Crippen LogP contribution in [0, 0.1) is 0 Å². The first kappa shape index (κ1) is 14.8. The van der Waals surface area contributed by atoms with E-state index in [4.69, 9.17) is 9.84 Å². The highest BCUT2D eigenvalue weighted by atomic mass is 16.6. The molecule has 1 rings (SSSR count). The summed E-state index contributed by atoms with van der Waals surface area (Å²) in [4.78, 5) is 22.5. The Labute approximate surface area is 111 Å². The van der Waals surface area contributed by atoms with Gasteiger partial charge in [0.05, 0.1) is 0 Å². The van der Waals surface area contributed by atoms with E-state index >= 15 is 0 Å². The standard InChI is InChI=1S/C14H16O5/c1-9(2)14(17)18-8-13(16)19-10(3)11-4-6-12(15)7-5-11/h4-7,10,15H,1,8H2,2-3H3. The minimum absolute atomic E-state index is 0.137. The number of rotatable bonds is 5. The van der Waals surface area contributed by atoms with Gasteiger partial charge in [-0.2, -0.15) is 0 Å². The highest BCUT2D eigenvalue weighted by Gasteiger charge is 2.14. The number of ether oxygens (including phenoxy) is 2. The molecular formula is C14H16O5. The summed E-state index contributed by atoms with van der Waals surface area (Å²) in [5.41, 5.74) is 0.955. The van der Waals surface area contributed by atoms with Crippen molar-refractivity contribution in [3.05, 3.63) is 42.0 Å². The molecule has 0 aliphatic rings. The number of benzene rings is 1. The maximum atomic E-state index is 11.4. The van der Waals surface area contributed by atoms with E-state index in [1.54, 1.807) is 19.1 Å². The monoisotopic (exact) mass is 264 g/mol. The zero-order chi connectivity index (χ0) is 14.4. The van der Waals surface area contributed by atoms with Crippen molar-refractivity contribution in [1.29, 1.82) is 0 Å². The van der Waals surface area contributed by atoms with E-state index < -0.39 is 24.6 Å². The lowest BCUT2D eigenvalue weighted by atomic mass is 10.1. The second-order valence-electron chi connectivity index (χ2n) is 4.08. The Kier molecular flexibility index (Phi) is 5.11. The molecule has 102 valence electrons. The van der Waals surface area contributed by atoms with E-state index in [0.29, 0.717) is 0 Å². The first-order valence-corrected chi connectivity index (χ1v) is 5.71. The van der Waals surface area contributed by atoms with Crippen LogP contribution in [-0.2, 0) is 19.1 Å². The van der Waals surface area contributed by atoms with E-state index in [2.05, 4.69) is 11.3 Å². The third-order valence-corrected chi connectivity index (χ3v) is 2.34. The van der Waals surface area contributed by atoms with Gasteiger partial charge in [-0.15, -0.1) is 0 Å². The van der Waals surface area contributed by atoms with Crippen LogP contribution in [0.4, 0.5) is 0 Å². The molecule has 0 aliphatic carbocycles. The summed E-state index contributed by atoms with van der Waals surface area (Å²) in [6.07, 6.45) is -0.489. The molecule has 1 aromatic carbocycles. The molecule has 0 aromatic heterocycles.